The Morgan fingerprint density at radius 2 is 1.79 bits per heavy atom. The minimum atomic E-state index is -0.00383. The third-order valence-corrected chi connectivity index (χ3v) is 5.02. The Bertz CT molecular complexity index is 275. The summed E-state index contributed by atoms with van der Waals surface area (Å²) in [7, 11) is 2.21. The average Bonchev–Trinajstić information content (AvgIpc) is 2.39. The van der Waals surface area contributed by atoms with Gasteiger partial charge in [-0.1, -0.05) is 20.3 Å². The lowest BCUT2D eigenvalue weighted by Gasteiger charge is -2.51. The van der Waals surface area contributed by atoms with Crippen molar-refractivity contribution in [2.75, 3.05) is 52.9 Å². The number of rotatable bonds is 4. The van der Waals surface area contributed by atoms with Gasteiger partial charge in [0, 0.05) is 44.3 Å². The van der Waals surface area contributed by atoms with E-state index < -0.39 is 0 Å². The fourth-order valence-electron chi connectivity index (χ4n) is 3.97. The molecule has 0 saturated carbocycles. The van der Waals surface area contributed by atoms with E-state index in [-0.39, 0.29) is 5.54 Å². The highest BCUT2D eigenvalue weighted by molar-refractivity contribution is 5.03. The molecule has 0 radical (unpaired) electrons. The Kier molecular flexibility index (Phi) is 5.23. The number of likely N-dealkylation sites (tertiary alicyclic amines) is 1. The van der Waals surface area contributed by atoms with Crippen molar-refractivity contribution in [3.05, 3.63) is 0 Å². The second kappa shape index (κ2) is 6.53. The van der Waals surface area contributed by atoms with Crippen LogP contribution in [0.2, 0.25) is 0 Å². The van der Waals surface area contributed by atoms with E-state index in [9.17, 15) is 0 Å². The Morgan fingerprint density at radius 3 is 2.37 bits per heavy atom. The number of nitrogens with two attached hydrogens (primary N) is 1. The molecule has 2 aliphatic rings. The van der Waals surface area contributed by atoms with Crippen molar-refractivity contribution in [3.63, 3.8) is 0 Å². The molecule has 0 aliphatic carbocycles. The number of piperidine rings is 1. The third kappa shape index (κ3) is 3.48. The molecule has 0 aromatic carbocycles. The molecule has 112 valence electrons. The number of hydrogen-bond acceptors (Lipinski definition) is 4. The SMILES string of the molecule is CCCC1(N)CN(C)CCC1N1CCN(CC)CC1. The van der Waals surface area contributed by atoms with Crippen molar-refractivity contribution in [2.45, 2.75) is 44.7 Å². The van der Waals surface area contributed by atoms with Crippen LogP contribution in [0.3, 0.4) is 0 Å². The fourth-order valence-corrected chi connectivity index (χ4v) is 3.97. The number of nitrogens with zero attached hydrogens (tertiary/aromatic N) is 3. The van der Waals surface area contributed by atoms with Gasteiger partial charge in [0.15, 0.2) is 0 Å². The molecule has 2 heterocycles. The van der Waals surface area contributed by atoms with Gasteiger partial charge in [0.2, 0.25) is 0 Å². The average molecular weight is 268 g/mol. The van der Waals surface area contributed by atoms with Gasteiger partial charge < -0.3 is 15.5 Å². The van der Waals surface area contributed by atoms with E-state index in [1.807, 2.05) is 0 Å². The molecule has 4 nitrogen and oxygen atoms in total. The van der Waals surface area contributed by atoms with Crippen LogP contribution in [0, 0.1) is 0 Å². The molecule has 0 amide bonds. The second-order valence-electron chi connectivity index (χ2n) is 6.50. The standard InChI is InChI=1S/C15H32N4/c1-4-7-15(16)13-17(3)8-6-14(15)19-11-9-18(5-2)10-12-19/h14H,4-13,16H2,1-3H3. The zero-order chi connectivity index (χ0) is 13.9. The summed E-state index contributed by atoms with van der Waals surface area (Å²) in [5, 5.41) is 0. The quantitative estimate of drug-likeness (QED) is 0.819. The highest BCUT2D eigenvalue weighted by Gasteiger charge is 2.42. The Hall–Kier alpha value is -0.160. The summed E-state index contributed by atoms with van der Waals surface area (Å²) in [6.45, 7) is 12.8. The summed E-state index contributed by atoms with van der Waals surface area (Å²) in [6.07, 6.45) is 3.57. The number of likely N-dealkylation sites (N-methyl/N-ethyl adjacent to an activating group) is 2. The van der Waals surface area contributed by atoms with E-state index in [2.05, 4.69) is 35.6 Å². The topological polar surface area (TPSA) is 35.7 Å². The molecule has 2 unspecified atom stereocenters. The lowest BCUT2D eigenvalue weighted by Crippen LogP contribution is -2.68. The molecule has 2 rings (SSSR count). The molecule has 0 aromatic heterocycles. The zero-order valence-electron chi connectivity index (χ0n) is 13.1. The summed E-state index contributed by atoms with van der Waals surface area (Å²) >= 11 is 0. The maximum Gasteiger partial charge on any atom is 0.0441 e. The molecular weight excluding hydrogens is 236 g/mol. The monoisotopic (exact) mass is 268 g/mol. The van der Waals surface area contributed by atoms with E-state index >= 15 is 0 Å². The highest BCUT2D eigenvalue weighted by atomic mass is 15.3. The van der Waals surface area contributed by atoms with Crippen molar-refractivity contribution >= 4 is 0 Å². The summed E-state index contributed by atoms with van der Waals surface area (Å²) in [4.78, 5) is 7.63. The Balaban J connectivity index is 2.00. The van der Waals surface area contributed by atoms with Crippen LogP contribution in [0.4, 0.5) is 0 Å². The van der Waals surface area contributed by atoms with Gasteiger partial charge in [0.1, 0.15) is 0 Å². The van der Waals surface area contributed by atoms with Crippen molar-refractivity contribution in [1.29, 1.82) is 0 Å². The molecule has 2 saturated heterocycles. The van der Waals surface area contributed by atoms with E-state index in [1.54, 1.807) is 0 Å². The van der Waals surface area contributed by atoms with Crippen LogP contribution in [0.5, 0.6) is 0 Å². The maximum absolute atomic E-state index is 6.81. The summed E-state index contributed by atoms with van der Waals surface area (Å²) in [6, 6.07) is 0.586. The first kappa shape index (κ1) is 15.2. The smallest absolute Gasteiger partial charge is 0.0441 e. The largest absolute Gasteiger partial charge is 0.323 e. The summed E-state index contributed by atoms with van der Waals surface area (Å²) in [5.41, 5.74) is 6.80. The van der Waals surface area contributed by atoms with Crippen LogP contribution in [-0.2, 0) is 0 Å². The predicted octanol–water partition coefficient (Wildman–Crippen LogP) is 0.826. The van der Waals surface area contributed by atoms with Gasteiger partial charge in [-0.05, 0) is 33.0 Å². The molecule has 2 N–H and O–H groups in total. The fraction of sp³-hybridized carbons (Fsp3) is 1.00. The Morgan fingerprint density at radius 1 is 1.11 bits per heavy atom. The first-order valence-corrected chi connectivity index (χ1v) is 8.03. The normalized spacial score (nSPS) is 35.7. The minimum absolute atomic E-state index is 0.00383. The van der Waals surface area contributed by atoms with Gasteiger partial charge >= 0.3 is 0 Å². The second-order valence-corrected chi connectivity index (χ2v) is 6.50. The summed E-state index contributed by atoms with van der Waals surface area (Å²) in [5.74, 6) is 0. The highest BCUT2D eigenvalue weighted by Crippen LogP contribution is 2.28. The van der Waals surface area contributed by atoms with Gasteiger partial charge in [-0.15, -0.1) is 0 Å². The first-order chi connectivity index (χ1) is 9.09. The molecule has 19 heavy (non-hydrogen) atoms. The molecule has 4 heteroatoms. The molecule has 2 atom stereocenters. The van der Waals surface area contributed by atoms with E-state index in [0.717, 1.165) is 13.0 Å². The van der Waals surface area contributed by atoms with Crippen molar-refractivity contribution in [3.8, 4) is 0 Å². The number of piperazine rings is 1. The van der Waals surface area contributed by atoms with Crippen LogP contribution in [-0.4, -0.2) is 79.1 Å². The van der Waals surface area contributed by atoms with Gasteiger partial charge in [-0.3, -0.25) is 4.90 Å². The molecule has 0 aromatic rings. The van der Waals surface area contributed by atoms with E-state index in [1.165, 1.54) is 52.1 Å². The Labute approximate surface area is 118 Å². The predicted molar refractivity (Wildman–Crippen MR) is 81.4 cm³/mol. The lowest BCUT2D eigenvalue weighted by atomic mass is 9.80. The molecular formula is C15H32N4. The third-order valence-electron chi connectivity index (χ3n) is 5.02. The minimum Gasteiger partial charge on any atom is -0.323 e. The van der Waals surface area contributed by atoms with Crippen molar-refractivity contribution in [2.24, 2.45) is 5.73 Å². The van der Waals surface area contributed by atoms with Gasteiger partial charge in [-0.2, -0.15) is 0 Å². The van der Waals surface area contributed by atoms with Crippen molar-refractivity contribution in [1.82, 2.24) is 14.7 Å². The van der Waals surface area contributed by atoms with Gasteiger partial charge in [0.05, 0.1) is 0 Å². The first-order valence-electron chi connectivity index (χ1n) is 8.03. The lowest BCUT2D eigenvalue weighted by molar-refractivity contribution is 0.0127. The molecule has 0 spiro atoms. The van der Waals surface area contributed by atoms with E-state index in [4.69, 9.17) is 5.73 Å². The van der Waals surface area contributed by atoms with Crippen LogP contribution in [0.25, 0.3) is 0 Å². The van der Waals surface area contributed by atoms with E-state index in [0.29, 0.717) is 6.04 Å². The van der Waals surface area contributed by atoms with Crippen LogP contribution < -0.4 is 5.73 Å². The van der Waals surface area contributed by atoms with Crippen LogP contribution in [0.1, 0.15) is 33.1 Å². The number of hydrogen-bond donors (Lipinski definition) is 1. The zero-order valence-corrected chi connectivity index (χ0v) is 13.1. The van der Waals surface area contributed by atoms with Crippen LogP contribution >= 0.6 is 0 Å². The maximum atomic E-state index is 6.81. The summed E-state index contributed by atoms with van der Waals surface area (Å²) < 4.78 is 0. The van der Waals surface area contributed by atoms with Crippen molar-refractivity contribution < 1.29 is 0 Å². The molecule has 2 fully saturated rings. The van der Waals surface area contributed by atoms with Gasteiger partial charge in [0.25, 0.3) is 0 Å². The molecule has 2 aliphatic heterocycles. The van der Waals surface area contributed by atoms with Crippen LogP contribution in [0.15, 0.2) is 0 Å². The molecule has 0 bridgehead atoms. The van der Waals surface area contributed by atoms with Gasteiger partial charge in [-0.25, -0.2) is 0 Å².